The highest BCUT2D eigenvalue weighted by atomic mass is 16.6. The Kier molecular flexibility index (Phi) is 7.99. The fourth-order valence-electron chi connectivity index (χ4n) is 1.78. The summed E-state index contributed by atoms with van der Waals surface area (Å²) in [5, 5.41) is 13.3. The van der Waals surface area contributed by atoms with Crippen LogP contribution >= 0.6 is 0 Å². The minimum Gasteiger partial charge on any atom is -0.482 e. The number of hydrogen-bond acceptors (Lipinski definition) is 7. The minimum atomic E-state index is -1.10. The Morgan fingerprint density at radius 3 is 1.72 bits per heavy atom. The van der Waals surface area contributed by atoms with E-state index in [9.17, 15) is 14.4 Å². The summed E-state index contributed by atoms with van der Waals surface area (Å²) in [6.07, 6.45) is -1.62. The van der Waals surface area contributed by atoms with Crippen molar-refractivity contribution in [3.8, 4) is 5.75 Å². The largest absolute Gasteiger partial charge is 0.482 e. The van der Waals surface area contributed by atoms with Crippen LogP contribution in [0.25, 0.3) is 0 Å². The monoisotopic (exact) mass is 409 g/mol. The van der Waals surface area contributed by atoms with Gasteiger partial charge in [-0.2, -0.15) is 0 Å². The predicted octanol–water partition coefficient (Wildman–Crippen LogP) is 3.19. The quantitative estimate of drug-likeness (QED) is 0.513. The SMILES string of the molecule is CC(C)(C)OC(=O)NC(=Nc1ccc(OCC(=O)O)cc1)NC(=O)OC(C)(C)C. The van der Waals surface area contributed by atoms with E-state index >= 15 is 0 Å². The first-order valence-corrected chi connectivity index (χ1v) is 8.77. The van der Waals surface area contributed by atoms with Gasteiger partial charge in [0.15, 0.2) is 6.61 Å². The third-order valence-corrected chi connectivity index (χ3v) is 2.68. The standard InChI is InChI=1S/C19H27N3O7/c1-18(2,3)28-16(25)21-15(22-17(26)29-19(4,5)6)20-12-7-9-13(10-8-12)27-11-14(23)24/h7-10H,11H2,1-6H3,(H,23,24)(H2,20,21,22,25,26). The average Bonchev–Trinajstić information content (AvgIpc) is 2.50. The Labute approximate surface area is 169 Å². The molecule has 0 heterocycles. The van der Waals surface area contributed by atoms with E-state index in [1.54, 1.807) is 41.5 Å². The van der Waals surface area contributed by atoms with Gasteiger partial charge in [-0.3, -0.25) is 10.6 Å². The normalized spacial score (nSPS) is 11.1. The van der Waals surface area contributed by atoms with Gasteiger partial charge in [0.25, 0.3) is 0 Å². The van der Waals surface area contributed by atoms with Gasteiger partial charge >= 0.3 is 18.2 Å². The lowest BCUT2D eigenvalue weighted by molar-refractivity contribution is -0.139. The molecular weight excluding hydrogens is 382 g/mol. The third kappa shape index (κ3) is 11.2. The number of guanidine groups is 1. The Balaban J connectivity index is 2.97. The zero-order valence-corrected chi connectivity index (χ0v) is 17.4. The molecule has 0 saturated heterocycles. The van der Waals surface area contributed by atoms with Gasteiger partial charge in [0.2, 0.25) is 5.96 Å². The van der Waals surface area contributed by atoms with Gasteiger partial charge in [0.1, 0.15) is 17.0 Å². The lowest BCUT2D eigenvalue weighted by Gasteiger charge is -2.22. The number of nitrogens with zero attached hydrogens (tertiary/aromatic N) is 1. The van der Waals surface area contributed by atoms with E-state index in [1.807, 2.05) is 0 Å². The second-order valence-corrected chi connectivity index (χ2v) is 7.89. The summed E-state index contributed by atoms with van der Waals surface area (Å²) in [6, 6.07) is 6.04. The number of aliphatic carboxylic acids is 1. The molecule has 0 spiro atoms. The van der Waals surface area contributed by atoms with Gasteiger partial charge in [0.05, 0.1) is 5.69 Å². The molecule has 0 saturated carbocycles. The molecule has 0 aliphatic heterocycles. The van der Waals surface area contributed by atoms with E-state index in [1.165, 1.54) is 24.3 Å². The van der Waals surface area contributed by atoms with Gasteiger partial charge in [-0.05, 0) is 65.8 Å². The smallest absolute Gasteiger partial charge is 0.414 e. The molecule has 1 rings (SSSR count). The summed E-state index contributed by atoms with van der Waals surface area (Å²) >= 11 is 0. The summed E-state index contributed by atoms with van der Waals surface area (Å²) in [4.78, 5) is 38.8. The van der Waals surface area contributed by atoms with Crippen LogP contribution in [0, 0.1) is 0 Å². The molecule has 1 aromatic carbocycles. The number of carboxylic acids is 1. The van der Waals surface area contributed by atoms with Crippen LogP contribution in [0.2, 0.25) is 0 Å². The average molecular weight is 409 g/mol. The summed E-state index contributed by atoms with van der Waals surface area (Å²) in [5.74, 6) is -0.974. The molecule has 0 fully saturated rings. The first kappa shape index (κ1) is 23.7. The maximum atomic E-state index is 12.0. The van der Waals surface area contributed by atoms with E-state index in [0.717, 1.165) is 0 Å². The summed E-state index contributed by atoms with van der Waals surface area (Å²) in [7, 11) is 0. The van der Waals surface area contributed by atoms with Crippen molar-refractivity contribution in [2.45, 2.75) is 52.7 Å². The molecule has 0 aliphatic carbocycles. The Morgan fingerprint density at radius 1 is 0.897 bits per heavy atom. The second-order valence-electron chi connectivity index (χ2n) is 7.89. The number of rotatable bonds is 4. The highest BCUT2D eigenvalue weighted by Crippen LogP contribution is 2.18. The molecule has 0 aromatic heterocycles. The van der Waals surface area contributed by atoms with E-state index in [0.29, 0.717) is 11.4 Å². The van der Waals surface area contributed by atoms with Crippen LogP contribution in [0.3, 0.4) is 0 Å². The number of aliphatic imine (C=N–C) groups is 1. The number of nitrogens with one attached hydrogen (secondary N) is 2. The highest BCUT2D eigenvalue weighted by Gasteiger charge is 2.21. The Morgan fingerprint density at radius 2 is 1.34 bits per heavy atom. The first-order chi connectivity index (χ1) is 13.2. The Hall–Kier alpha value is -3.30. The second kappa shape index (κ2) is 9.76. The summed E-state index contributed by atoms with van der Waals surface area (Å²) in [5.41, 5.74) is -1.14. The number of carboxylic acid groups (broad SMARTS) is 1. The molecule has 160 valence electrons. The molecule has 0 aliphatic rings. The van der Waals surface area contributed by atoms with Crippen LogP contribution in [0.1, 0.15) is 41.5 Å². The van der Waals surface area contributed by atoms with Crippen molar-refractivity contribution < 1.29 is 33.7 Å². The molecule has 0 radical (unpaired) electrons. The van der Waals surface area contributed by atoms with Gasteiger partial charge in [-0.25, -0.2) is 19.4 Å². The number of carbonyl (C=O) groups is 3. The van der Waals surface area contributed by atoms with Gasteiger partial charge in [0, 0.05) is 0 Å². The Bertz CT molecular complexity index is 727. The van der Waals surface area contributed by atoms with Crippen molar-refractivity contribution in [3.63, 3.8) is 0 Å². The van der Waals surface area contributed by atoms with Crippen LogP contribution in [0.5, 0.6) is 5.75 Å². The van der Waals surface area contributed by atoms with Crippen LogP contribution in [0.4, 0.5) is 15.3 Å². The maximum absolute atomic E-state index is 12.0. The van der Waals surface area contributed by atoms with Gasteiger partial charge in [-0.1, -0.05) is 0 Å². The lowest BCUT2D eigenvalue weighted by Crippen LogP contribution is -2.47. The molecule has 1 aromatic rings. The van der Waals surface area contributed by atoms with E-state index in [-0.39, 0.29) is 5.96 Å². The third-order valence-electron chi connectivity index (χ3n) is 2.68. The number of hydrogen-bond donors (Lipinski definition) is 3. The fourth-order valence-corrected chi connectivity index (χ4v) is 1.78. The lowest BCUT2D eigenvalue weighted by atomic mass is 10.2. The zero-order valence-electron chi connectivity index (χ0n) is 17.4. The molecule has 3 N–H and O–H groups in total. The van der Waals surface area contributed by atoms with Crippen molar-refractivity contribution in [2.75, 3.05) is 6.61 Å². The summed E-state index contributed by atoms with van der Waals surface area (Å²) < 4.78 is 15.4. The molecule has 10 heteroatoms. The number of amides is 2. The van der Waals surface area contributed by atoms with E-state index < -0.39 is 36.0 Å². The van der Waals surface area contributed by atoms with Crippen LogP contribution < -0.4 is 15.4 Å². The fraction of sp³-hybridized carbons (Fsp3) is 0.474. The number of ether oxygens (including phenoxy) is 3. The van der Waals surface area contributed by atoms with Gasteiger partial charge < -0.3 is 19.3 Å². The molecule has 29 heavy (non-hydrogen) atoms. The van der Waals surface area contributed by atoms with E-state index in [2.05, 4.69) is 15.6 Å². The number of carbonyl (C=O) groups excluding carboxylic acids is 2. The van der Waals surface area contributed by atoms with Crippen molar-refractivity contribution in [3.05, 3.63) is 24.3 Å². The molecular formula is C19H27N3O7. The van der Waals surface area contributed by atoms with Crippen molar-refractivity contribution in [1.29, 1.82) is 0 Å². The van der Waals surface area contributed by atoms with Crippen LogP contribution in [-0.4, -0.2) is 47.0 Å². The van der Waals surface area contributed by atoms with Gasteiger partial charge in [-0.15, -0.1) is 0 Å². The maximum Gasteiger partial charge on any atom is 0.414 e. The first-order valence-electron chi connectivity index (χ1n) is 8.77. The summed E-state index contributed by atoms with van der Waals surface area (Å²) in [6.45, 7) is 9.69. The van der Waals surface area contributed by atoms with Crippen LogP contribution in [-0.2, 0) is 14.3 Å². The molecule has 2 amide bonds. The number of alkyl carbamates (subject to hydrolysis) is 2. The molecule has 0 atom stereocenters. The predicted molar refractivity (Wildman–Crippen MR) is 105 cm³/mol. The molecule has 0 bridgehead atoms. The number of benzene rings is 1. The molecule has 10 nitrogen and oxygen atoms in total. The highest BCUT2D eigenvalue weighted by molar-refractivity contribution is 6.02. The van der Waals surface area contributed by atoms with E-state index in [4.69, 9.17) is 19.3 Å². The van der Waals surface area contributed by atoms with Crippen molar-refractivity contribution in [2.24, 2.45) is 4.99 Å². The molecule has 0 unspecified atom stereocenters. The minimum absolute atomic E-state index is 0.201. The topological polar surface area (TPSA) is 136 Å². The van der Waals surface area contributed by atoms with Crippen LogP contribution in [0.15, 0.2) is 29.3 Å². The van der Waals surface area contributed by atoms with Crippen molar-refractivity contribution >= 4 is 29.8 Å². The van der Waals surface area contributed by atoms with Crippen molar-refractivity contribution in [1.82, 2.24) is 10.6 Å². The zero-order chi connectivity index (χ0) is 22.2.